The summed E-state index contributed by atoms with van der Waals surface area (Å²) >= 11 is 0. The summed E-state index contributed by atoms with van der Waals surface area (Å²) in [6.07, 6.45) is 5.87. The van der Waals surface area contributed by atoms with E-state index in [4.69, 9.17) is 0 Å². The molecule has 128 valence electrons. The maximum Gasteiger partial charge on any atom is 0.315 e. The molecule has 1 unspecified atom stereocenters. The molecule has 1 aliphatic rings. The summed E-state index contributed by atoms with van der Waals surface area (Å²) in [5.74, 6) is 0. The van der Waals surface area contributed by atoms with Gasteiger partial charge in [0.1, 0.15) is 0 Å². The molecule has 24 heavy (non-hydrogen) atoms. The maximum absolute atomic E-state index is 12.0. The second-order valence-electron chi connectivity index (χ2n) is 6.52. The molecule has 1 atom stereocenters. The number of benzene rings is 1. The second-order valence-corrected chi connectivity index (χ2v) is 6.52. The van der Waals surface area contributed by atoms with Crippen LogP contribution < -0.4 is 10.6 Å². The lowest BCUT2D eigenvalue weighted by atomic mass is 9.93. The van der Waals surface area contributed by atoms with Crippen LogP contribution in [0.15, 0.2) is 24.4 Å². The smallest absolute Gasteiger partial charge is 0.315 e. The van der Waals surface area contributed by atoms with Gasteiger partial charge in [-0.15, -0.1) is 0 Å². The van der Waals surface area contributed by atoms with Crippen molar-refractivity contribution < 1.29 is 4.79 Å². The van der Waals surface area contributed by atoms with Crippen LogP contribution in [0.4, 0.5) is 4.79 Å². The number of carbonyl (C=O) groups is 1. The molecule has 2 N–H and O–H groups in total. The molecule has 2 aromatic rings. The summed E-state index contributed by atoms with van der Waals surface area (Å²) in [7, 11) is 0. The van der Waals surface area contributed by atoms with Crippen LogP contribution in [0.2, 0.25) is 0 Å². The van der Waals surface area contributed by atoms with Crippen LogP contribution in [0, 0.1) is 13.8 Å². The molecule has 0 aliphatic heterocycles. The number of nitrogens with zero attached hydrogens (tertiary/aromatic N) is 2. The molecule has 1 aromatic carbocycles. The Morgan fingerprint density at radius 2 is 2.21 bits per heavy atom. The van der Waals surface area contributed by atoms with Gasteiger partial charge in [0.2, 0.25) is 0 Å². The number of amides is 2. The highest BCUT2D eigenvalue weighted by atomic mass is 16.2. The van der Waals surface area contributed by atoms with Crippen LogP contribution in [0.1, 0.15) is 54.6 Å². The Morgan fingerprint density at radius 1 is 1.38 bits per heavy atom. The van der Waals surface area contributed by atoms with Gasteiger partial charge in [-0.1, -0.05) is 19.1 Å². The topological polar surface area (TPSA) is 59.0 Å². The van der Waals surface area contributed by atoms with Crippen LogP contribution in [-0.4, -0.2) is 22.4 Å². The van der Waals surface area contributed by atoms with Crippen molar-refractivity contribution in [3.8, 4) is 5.69 Å². The predicted octanol–water partition coefficient (Wildman–Crippen LogP) is 3.58. The van der Waals surface area contributed by atoms with E-state index in [1.54, 1.807) is 0 Å². The molecule has 3 rings (SSSR count). The Kier molecular flexibility index (Phi) is 4.88. The van der Waals surface area contributed by atoms with Gasteiger partial charge < -0.3 is 10.6 Å². The van der Waals surface area contributed by atoms with Crippen molar-refractivity contribution in [1.82, 2.24) is 20.4 Å². The van der Waals surface area contributed by atoms with Crippen LogP contribution in [-0.2, 0) is 6.42 Å². The number of aryl methyl sites for hydroxylation is 1. The van der Waals surface area contributed by atoms with E-state index in [1.165, 1.54) is 16.8 Å². The van der Waals surface area contributed by atoms with Crippen molar-refractivity contribution in [2.24, 2.45) is 0 Å². The monoisotopic (exact) mass is 326 g/mol. The summed E-state index contributed by atoms with van der Waals surface area (Å²) in [6.45, 7) is 7.01. The number of aromatic nitrogens is 2. The molecule has 1 aliphatic carbocycles. The van der Waals surface area contributed by atoms with Gasteiger partial charge in [0.25, 0.3) is 0 Å². The van der Waals surface area contributed by atoms with E-state index in [9.17, 15) is 4.79 Å². The van der Waals surface area contributed by atoms with Crippen LogP contribution in [0.5, 0.6) is 0 Å². The standard InChI is InChI=1S/C19H26N4O/c1-4-11-20-19(24)22-16-8-6-10-18-15(16)12-21-23(18)17-9-5-7-13(2)14(17)3/h5,7,9,12,16H,4,6,8,10-11H2,1-3H3,(H2,20,22,24). The van der Waals surface area contributed by atoms with Crippen molar-refractivity contribution >= 4 is 6.03 Å². The number of rotatable bonds is 4. The molecule has 1 aromatic heterocycles. The van der Waals surface area contributed by atoms with Gasteiger partial charge in [-0.3, -0.25) is 0 Å². The average Bonchev–Trinajstić information content (AvgIpc) is 3.00. The summed E-state index contributed by atoms with van der Waals surface area (Å²) in [5.41, 5.74) is 6.01. The van der Waals surface area contributed by atoms with Gasteiger partial charge in [-0.25, -0.2) is 9.48 Å². The number of hydrogen-bond acceptors (Lipinski definition) is 2. The number of nitrogens with one attached hydrogen (secondary N) is 2. The highest BCUT2D eigenvalue weighted by Crippen LogP contribution is 2.32. The summed E-state index contributed by atoms with van der Waals surface area (Å²) in [5, 5.41) is 10.6. The Balaban J connectivity index is 1.87. The molecule has 0 saturated carbocycles. The Hall–Kier alpha value is -2.30. The molecular formula is C19H26N4O. The Bertz CT molecular complexity index is 735. The van der Waals surface area contributed by atoms with Gasteiger partial charge in [0, 0.05) is 17.8 Å². The summed E-state index contributed by atoms with van der Waals surface area (Å²) < 4.78 is 2.05. The van der Waals surface area contributed by atoms with E-state index >= 15 is 0 Å². The zero-order valence-corrected chi connectivity index (χ0v) is 14.7. The van der Waals surface area contributed by atoms with E-state index in [1.807, 2.05) is 13.1 Å². The first-order valence-corrected chi connectivity index (χ1v) is 8.79. The molecule has 0 radical (unpaired) electrons. The minimum Gasteiger partial charge on any atom is -0.338 e. The Labute approximate surface area is 143 Å². The fourth-order valence-electron chi connectivity index (χ4n) is 3.33. The van der Waals surface area contributed by atoms with E-state index in [2.05, 4.69) is 52.5 Å². The molecule has 0 saturated heterocycles. The highest BCUT2D eigenvalue weighted by Gasteiger charge is 2.26. The lowest BCUT2D eigenvalue weighted by Crippen LogP contribution is -2.39. The minimum atomic E-state index is -0.0887. The van der Waals surface area contributed by atoms with E-state index in [0.29, 0.717) is 6.54 Å². The van der Waals surface area contributed by atoms with Crippen molar-refractivity contribution in [1.29, 1.82) is 0 Å². The summed E-state index contributed by atoms with van der Waals surface area (Å²) in [4.78, 5) is 12.0. The van der Waals surface area contributed by atoms with E-state index < -0.39 is 0 Å². The first kappa shape index (κ1) is 16.6. The third-order valence-electron chi connectivity index (χ3n) is 4.83. The van der Waals surface area contributed by atoms with Crippen LogP contribution >= 0.6 is 0 Å². The number of hydrogen-bond donors (Lipinski definition) is 2. The third kappa shape index (κ3) is 3.16. The van der Waals surface area contributed by atoms with Crippen molar-refractivity contribution in [3.05, 3.63) is 46.8 Å². The number of urea groups is 1. The fourth-order valence-corrected chi connectivity index (χ4v) is 3.33. The highest BCUT2D eigenvalue weighted by molar-refractivity contribution is 5.74. The zero-order valence-electron chi connectivity index (χ0n) is 14.7. The van der Waals surface area contributed by atoms with Crippen molar-refractivity contribution in [3.63, 3.8) is 0 Å². The molecule has 1 heterocycles. The third-order valence-corrected chi connectivity index (χ3v) is 4.83. The van der Waals surface area contributed by atoms with Gasteiger partial charge in [0.05, 0.1) is 17.9 Å². The van der Waals surface area contributed by atoms with Gasteiger partial charge in [0.15, 0.2) is 0 Å². The SMILES string of the molecule is CCCNC(=O)NC1CCCc2c1cnn2-c1cccc(C)c1C. The molecule has 2 amide bonds. The number of fused-ring (bicyclic) bond motifs is 1. The molecule has 0 bridgehead atoms. The number of carbonyl (C=O) groups excluding carboxylic acids is 1. The lowest BCUT2D eigenvalue weighted by molar-refractivity contribution is 0.235. The Morgan fingerprint density at radius 3 is 3.00 bits per heavy atom. The van der Waals surface area contributed by atoms with Crippen LogP contribution in [0.25, 0.3) is 5.69 Å². The molecule has 5 heteroatoms. The first-order valence-electron chi connectivity index (χ1n) is 8.79. The van der Waals surface area contributed by atoms with Gasteiger partial charge in [-0.05, 0) is 56.7 Å². The lowest BCUT2D eigenvalue weighted by Gasteiger charge is -2.24. The quantitative estimate of drug-likeness (QED) is 0.902. The minimum absolute atomic E-state index is 0.0458. The largest absolute Gasteiger partial charge is 0.338 e. The van der Waals surface area contributed by atoms with Crippen LogP contribution in [0.3, 0.4) is 0 Å². The average molecular weight is 326 g/mol. The van der Waals surface area contributed by atoms with E-state index in [0.717, 1.165) is 36.9 Å². The normalized spacial score (nSPS) is 16.5. The van der Waals surface area contributed by atoms with Crippen molar-refractivity contribution in [2.75, 3.05) is 6.54 Å². The predicted molar refractivity (Wildman–Crippen MR) is 95.5 cm³/mol. The zero-order chi connectivity index (χ0) is 17.1. The molecular weight excluding hydrogens is 300 g/mol. The fraction of sp³-hybridized carbons (Fsp3) is 0.474. The maximum atomic E-state index is 12.0. The second kappa shape index (κ2) is 7.07. The van der Waals surface area contributed by atoms with Crippen molar-refractivity contribution in [2.45, 2.75) is 52.5 Å². The molecule has 0 spiro atoms. The molecule has 0 fully saturated rings. The van der Waals surface area contributed by atoms with Gasteiger partial charge >= 0.3 is 6.03 Å². The van der Waals surface area contributed by atoms with E-state index in [-0.39, 0.29) is 12.1 Å². The summed E-state index contributed by atoms with van der Waals surface area (Å²) in [6, 6.07) is 6.26. The molecule has 5 nitrogen and oxygen atoms in total. The first-order chi connectivity index (χ1) is 11.6. The van der Waals surface area contributed by atoms with Gasteiger partial charge in [-0.2, -0.15) is 5.10 Å².